The number of carbonyl (C=O) groups is 2. The minimum absolute atomic E-state index is 0.0934. The molecule has 0 saturated carbocycles. The number of nitrogens with zero attached hydrogens (tertiary/aromatic N) is 2. The highest BCUT2D eigenvalue weighted by atomic mass is 35.5. The number of anilines is 2. The summed E-state index contributed by atoms with van der Waals surface area (Å²) in [6.07, 6.45) is 2.85. The van der Waals surface area contributed by atoms with Crippen LogP contribution >= 0.6 is 11.6 Å². The first kappa shape index (κ1) is 21.3. The van der Waals surface area contributed by atoms with E-state index >= 15 is 0 Å². The van der Waals surface area contributed by atoms with Crippen molar-refractivity contribution in [3.63, 3.8) is 0 Å². The lowest BCUT2D eigenvalue weighted by Gasteiger charge is -2.40. The SMILES string of the molecule is CC(COc1ccc2c(c1)CCC(=O)N2C)N1CCC2(CC1)C(=O)Nc1ccc(Cl)cc12. The molecule has 1 spiro atoms. The maximum atomic E-state index is 12.8. The number of aryl methyl sites for hydroxylation is 1. The van der Waals surface area contributed by atoms with E-state index in [0.29, 0.717) is 18.1 Å². The van der Waals surface area contributed by atoms with E-state index in [-0.39, 0.29) is 17.9 Å². The number of hydrogen-bond donors (Lipinski definition) is 1. The molecule has 3 aliphatic rings. The van der Waals surface area contributed by atoms with E-state index in [0.717, 1.165) is 60.6 Å². The van der Waals surface area contributed by atoms with Crippen LogP contribution in [0.3, 0.4) is 0 Å². The number of carbonyl (C=O) groups excluding carboxylic acids is 2. The number of piperidine rings is 1. The van der Waals surface area contributed by atoms with Crippen molar-refractivity contribution in [1.82, 2.24) is 4.90 Å². The van der Waals surface area contributed by atoms with Gasteiger partial charge in [0.2, 0.25) is 11.8 Å². The number of likely N-dealkylation sites (tertiary alicyclic amines) is 1. The molecule has 0 radical (unpaired) electrons. The van der Waals surface area contributed by atoms with Crippen LogP contribution in [0.2, 0.25) is 5.02 Å². The van der Waals surface area contributed by atoms with E-state index < -0.39 is 5.41 Å². The monoisotopic (exact) mass is 453 g/mol. The van der Waals surface area contributed by atoms with Crippen molar-refractivity contribution in [2.45, 2.75) is 44.1 Å². The topological polar surface area (TPSA) is 61.9 Å². The Hall–Kier alpha value is -2.57. The number of halogens is 1. The molecule has 1 unspecified atom stereocenters. The van der Waals surface area contributed by atoms with Crippen LogP contribution in [0.15, 0.2) is 36.4 Å². The Bertz CT molecular complexity index is 1080. The predicted molar refractivity (Wildman–Crippen MR) is 126 cm³/mol. The standard InChI is InChI=1S/C25H28ClN3O3/c1-16(15-32-19-5-7-22-17(13-19)3-8-23(30)28(22)2)29-11-9-25(10-12-29)20-14-18(26)4-6-21(20)27-24(25)31/h4-7,13-14,16H,3,8-12,15H2,1-2H3,(H,27,31). The Labute approximate surface area is 193 Å². The third-order valence-electron chi connectivity index (χ3n) is 7.34. The average molecular weight is 454 g/mol. The van der Waals surface area contributed by atoms with E-state index in [1.807, 2.05) is 37.4 Å². The molecule has 1 atom stereocenters. The molecule has 168 valence electrons. The maximum Gasteiger partial charge on any atom is 0.235 e. The summed E-state index contributed by atoms with van der Waals surface area (Å²) < 4.78 is 6.12. The minimum atomic E-state index is -0.473. The fraction of sp³-hybridized carbons (Fsp3) is 0.440. The number of rotatable bonds is 4. The Morgan fingerprint density at radius 1 is 1.12 bits per heavy atom. The normalized spacial score (nSPS) is 20.7. The zero-order valence-corrected chi connectivity index (χ0v) is 19.2. The summed E-state index contributed by atoms with van der Waals surface area (Å²) >= 11 is 6.23. The molecule has 2 amide bonds. The van der Waals surface area contributed by atoms with E-state index in [4.69, 9.17) is 16.3 Å². The second-order valence-corrected chi connectivity index (χ2v) is 9.60. The van der Waals surface area contributed by atoms with Gasteiger partial charge < -0.3 is 15.0 Å². The summed E-state index contributed by atoms with van der Waals surface area (Å²) in [5.74, 6) is 1.09. The van der Waals surface area contributed by atoms with Gasteiger partial charge in [0, 0.05) is 35.9 Å². The molecule has 7 heteroatoms. The fourth-order valence-corrected chi connectivity index (χ4v) is 5.45. The summed E-state index contributed by atoms with van der Waals surface area (Å²) in [6, 6.07) is 11.9. The molecule has 0 aromatic heterocycles. The number of amides is 2. The quantitative estimate of drug-likeness (QED) is 0.760. The second-order valence-electron chi connectivity index (χ2n) is 9.17. The highest BCUT2D eigenvalue weighted by Gasteiger charge is 2.48. The van der Waals surface area contributed by atoms with E-state index in [1.54, 1.807) is 4.90 Å². The summed E-state index contributed by atoms with van der Waals surface area (Å²) in [4.78, 5) is 28.8. The lowest BCUT2D eigenvalue weighted by Crippen LogP contribution is -2.50. The van der Waals surface area contributed by atoms with Crippen LogP contribution < -0.4 is 15.0 Å². The lowest BCUT2D eigenvalue weighted by molar-refractivity contribution is -0.122. The summed E-state index contributed by atoms with van der Waals surface area (Å²) in [5.41, 5.74) is 3.58. The minimum Gasteiger partial charge on any atom is -0.492 e. The predicted octanol–water partition coefficient (Wildman–Crippen LogP) is 4.00. The van der Waals surface area contributed by atoms with Crippen LogP contribution in [0.1, 0.15) is 37.3 Å². The van der Waals surface area contributed by atoms with Gasteiger partial charge >= 0.3 is 0 Å². The summed E-state index contributed by atoms with van der Waals surface area (Å²) in [5, 5.41) is 3.71. The van der Waals surface area contributed by atoms with Crippen LogP contribution in [0.4, 0.5) is 11.4 Å². The van der Waals surface area contributed by atoms with Crippen LogP contribution in [0.25, 0.3) is 0 Å². The molecule has 2 aromatic carbocycles. The van der Waals surface area contributed by atoms with Crippen molar-refractivity contribution in [2.24, 2.45) is 0 Å². The maximum absolute atomic E-state index is 12.8. The van der Waals surface area contributed by atoms with Gasteiger partial charge in [-0.25, -0.2) is 0 Å². The molecule has 6 nitrogen and oxygen atoms in total. The Balaban J connectivity index is 1.21. The summed E-state index contributed by atoms with van der Waals surface area (Å²) in [6.45, 7) is 4.42. The van der Waals surface area contributed by atoms with Gasteiger partial charge in [-0.1, -0.05) is 11.6 Å². The van der Waals surface area contributed by atoms with Gasteiger partial charge in [-0.2, -0.15) is 0 Å². The number of benzene rings is 2. The van der Waals surface area contributed by atoms with Gasteiger partial charge in [0.1, 0.15) is 12.4 Å². The largest absolute Gasteiger partial charge is 0.492 e. The molecule has 5 rings (SSSR count). The van der Waals surface area contributed by atoms with Gasteiger partial charge in [0.25, 0.3) is 0 Å². The van der Waals surface area contributed by atoms with Crippen molar-refractivity contribution < 1.29 is 14.3 Å². The molecule has 32 heavy (non-hydrogen) atoms. The van der Waals surface area contributed by atoms with Gasteiger partial charge in [-0.05, 0) is 86.8 Å². The molecule has 1 N–H and O–H groups in total. The first-order valence-corrected chi connectivity index (χ1v) is 11.6. The molecule has 3 aliphatic heterocycles. The van der Waals surface area contributed by atoms with Crippen LogP contribution in [0, 0.1) is 0 Å². The van der Waals surface area contributed by atoms with Crippen molar-refractivity contribution in [1.29, 1.82) is 0 Å². The third-order valence-corrected chi connectivity index (χ3v) is 7.58. The smallest absolute Gasteiger partial charge is 0.235 e. The van der Waals surface area contributed by atoms with E-state index in [2.05, 4.69) is 23.2 Å². The molecule has 0 aliphatic carbocycles. The van der Waals surface area contributed by atoms with Crippen LogP contribution in [0.5, 0.6) is 5.75 Å². The van der Waals surface area contributed by atoms with Crippen molar-refractivity contribution >= 4 is 34.8 Å². The molecule has 2 aromatic rings. The number of fused-ring (bicyclic) bond motifs is 3. The molecular weight excluding hydrogens is 426 g/mol. The van der Waals surface area contributed by atoms with Gasteiger partial charge in [-0.15, -0.1) is 0 Å². The van der Waals surface area contributed by atoms with Crippen molar-refractivity contribution in [3.8, 4) is 5.75 Å². The van der Waals surface area contributed by atoms with Gasteiger partial charge in [0.15, 0.2) is 0 Å². The second kappa shape index (κ2) is 8.09. The van der Waals surface area contributed by atoms with Crippen LogP contribution in [-0.2, 0) is 21.4 Å². The average Bonchev–Trinajstić information content (AvgIpc) is 3.06. The first-order chi connectivity index (χ1) is 15.4. The Morgan fingerprint density at radius 2 is 1.91 bits per heavy atom. The highest BCUT2D eigenvalue weighted by Crippen LogP contribution is 2.46. The van der Waals surface area contributed by atoms with Crippen molar-refractivity contribution in [2.75, 3.05) is 37.0 Å². The first-order valence-electron chi connectivity index (χ1n) is 11.3. The number of hydrogen-bond acceptors (Lipinski definition) is 4. The molecule has 1 saturated heterocycles. The molecule has 1 fully saturated rings. The lowest BCUT2D eigenvalue weighted by atomic mass is 9.73. The Kier molecular flexibility index (Phi) is 5.38. The number of nitrogens with one attached hydrogen (secondary N) is 1. The zero-order valence-electron chi connectivity index (χ0n) is 18.5. The van der Waals surface area contributed by atoms with E-state index in [9.17, 15) is 9.59 Å². The number of ether oxygens (including phenoxy) is 1. The summed E-state index contributed by atoms with van der Waals surface area (Å²) in [7, 11) is 1.82. The fourth-order valence-electron chi connectivity index (χ4n) is 5.27. The molecule has 0 bridgehead atoms. The highest BCUT2D eigenvalue weighted by molar-refractivity contribution is 6.31. The Morgan fingerprint density at radius 3 is 2.69 bits per heavy atom. The zero-order chi connectivity index (χ0) is 22.5. The van der Waals surface area contributed by atoms with Gasteiger partial charge in [0.05, 0.1) is 5.41 Å². The molecule has 3 heterocycles. The van der Waals surface area contributed by atoms with Crippen molar-refractivity contribution in [3.05, 3.63) is 52.5 Å². The third kappa shape index (κ3) is 3.55. The van der Waals surface area contributed by atoms with Gasteiger partial charge in [-0.3, -0.25) is 14.5 Å². The van der Waals surface area contributed by atoms with E-state index in [1.165, 1.54) is 0 Å². The van der Waals surface area contributed by atoms with Crippen LogP contribution in [-0.4, -0.2) is 49.5 Å². The molecular formula is C25H28ClN3O3.